The van der Waals surface area contributed by atoms with Gasteiger partial charge in [-0.25, -0.2) is 4.98 Å². The third-order valence-corrected chi connectivity index (χ3v) is 4.84. The van der Waals surface area contributed by atoms with Crippen LogP contribution in [0.4, 0.5) is 11.5 Å². The van der Waals surface area contributed by atoms with Gasteiger partial charge in [0.15, 0.2) is 5.82 Å². The number of amides is 1. The highest BCUT2D eigenvalue weighted by Gasteiger charge is 2.26. The fourth-order valence-electron chi connectivity index (χ4n) is 3.22. The van der Waals surface area contributed by atoms with E-state index < -0.39 is 0 Å². The molecule has 2 aliphatic rings. The maximum absolute atomic E-state index is 12.1. The second-order valence-corrected chi connectivity index (χ2v) is 6.89. The first-order chi connectivity index (χ1) is 12.6. The van der Waals surface area contributed by atoms with Crippen molar-refractivity contribution in [3.05, 3.63) is 17.8 Å². The number of nitrogens with zero attached hydrogens (tertiary/aromatic N) is 2. The molecule has 26 heavy (non-hydrogen) atoms. The first-order valence-corrected chi connectivity index (χ1v) is 9.22. The molecule has 1 aliphatic heterocycles. The van der Waals surface area contributed by atoms with E-state index in [0.29, 0.717) is 36.0 Å². The van der Waals surface area contributed by atoms with E-state index >= 15 is 0 Å². The zero-order chi connectivity index (χ0) is 18.5. The van der Waals surface area contributed by atoms with Crippen molar-refractivity contribution in [1.29, 1.82) is 0 Å². The molecule has 0 unspecified atom stereocenters. The van der Waals surface area contributed by atoms with Crippen LogP contribution < -0.4 is 15.7 Å². The molecule has 0 bridgehead atoms. The summed E-state index contributed by atoms with van der Waals surface area (Å²) in [7, 11) is 0. The Kier molecular flexibility index (Phi) is 5.92. The molecule has 1 saturated heterocycles. The monoisotopic (exact) mass is 362 g/mol. The summed E-state index contributed by atoms with van der Waals surface area (Å²) in [5.74, 6) is 0.605. The standard InChI is InChI=1S/C18H26N4O4/c1-2-26-16(23)9-12-5-7-22(8-6-12)17-15(21-25)10-13(11-19-17)18(24)20-14-3-4-14/h10-12,14,21,25H,2-9H2,1H3,(H,20,24). The molecule has 0 aromatic carbocycles. The first kappa shape index (κ1) is 18.4. The van der Waals surface area contributed by atoms with E-state index in [1.165, 1.54) is 0 Å². The number of aromatic nitrogens is 1. The normalized spacial score (nSPS) is 17.7. The predicted octanol–water partition coefficient (Wildman–Crippen LogP) is 1.94. The van der Waals surface area contributed by atoms with E-state index in [-0.39, 0.29) is 17.9 Å². The van der Waals surface area contributed by atoms with Crippen molar-refractivity contribution in [3.63, 3.8) is 0 Å². The lowest BCUT2D eigenvalue weighted by atomic mass is 9.93. The molecule has 1 aromatic heterocycles. The molecule has 1 amide bonds. The second kappa shape index (κ2) is 8.35. The minimum Gasteiger partial charge on any atom is -0.466 e. The Bertz CT molecular complexity index is 655. The highest BCUT2D eigenvalue weighted by molar-refractivity contribution is 5.95. The Morgan fingerprint density at radius 2 is 2.04 bits per heavy atom. The van der Waals surface area contributed by atoms with Gasteiger partial charge in [0.05, 0.1) is 12.2 Å². The van der Waals surface area contributed by atoms with Gasteiger partial charge in [-0.2, -0.15) is 0 Å². The molecule has 8 heteroatoms. The van der Waals surface area contributed by atoms with Gasteiger partial charge in [-0.1, -0.05) is 0 Å². The summed E-state index contributed by atoms with van der Waals surface area (Å²) in [5, 5.41) is 12.4. The number of carbonyl (C=O) groups is 2. The molecule has 0 radical (unpaired) electrons. The number of anilines is 2. The van der Waals surface area contributed by atoms with Crippen LogP contribution in [0.3, 0.4) is 0 Å². The Morgan fingerprint density at radius 1 is 1.31 bits per heavy atom. The van der Waals surface area contributed by atoms with Crippen LogP contribution in [0.5, 0.6) is 0 Å². The number of piperidine rings is 1. The molecular weight excluding hydrogens is 336 g/mol. The Hall–Kier alpha value is -2.35. The van der Waals surface area contributed by atoms with Crippen molar-refractivity contribution in [2.24, 2.45) is 5.92 Å². The van der Waals surface area contributed by atoms with Crippen molar-refractivity contribution in [3.8, 4) is 0 Å². The second-order valence-electron chi connectivity index (χ2n) is 6.89. The number of hydrogen-bond donors (Lipinski definition) is 3. The largest absolute Gasteiger partial charge is 0.466 e. The molecule has 1 saturated carbocycles. The van der Waals surface area contributed by atoms with Crippen LogP contribution in [0.1, 0.15) is 49.4 Å². The summed E-state index contributed by atoms with van der Waals surface area (Å²) in [4.78, 5) is 30.2. The van der Waals surface area contributed by atoms with Crippen LogP contribution in [-0.4, -0.2) is 47.8 Å². The number of nitrogens with one attached hydrogen (secondary N) is 2. The van der Waals surface area contributed by atoms with Crippen molar-refractivity contribution >= 4 is 23.4 Å². The van der Waals surface area contributed by atoms with Gasteiger partial charge in [0.25, 0.3) is 5.91 Å². The molecular formula is C18H26N4O4. The molecule has 8 nitrogen and oxygen atoms in total. The van der Waals surface area contributed by atoms with Crippen LogP contribution in [-0.2, 0) is 9.53 Å². The van der Waals surface area contributed by atoms with Crippen molar-refractivity contribution < 1.29 is 19.5 Å². The summed E-state index contributed by atoms with van der Waals surface area (Å²) < 4.78 is 5.01. The van der Waals surface area contributed by atoms with E-state index in [9.17, 15) is 14.8 Å². The molecule has 142 valence electrons. The summed E-state index contributed by atoms with van der Waals surface area (Å²) in [5.41, 5.74) is 3.00. The number of carbonyl (C=O) groups excluding carboxylic acids is 2. The van der Waals surface area contributed by atoms with Gasteiger partial charge in [0.2, 0.25) is 0 Å². The first-order valence-electron chi connectivity index (χ1n) is 9.22. The van der Waals surface area contributed by atoms with Crippen LogP contribution in [0, 0.1) is 5.92 Å². The third-order valence-electron chi connectivity index (χ3n) is 4.84. The highest BCUT2D eigenvalue weighted by atomic mass is 16.5. The molecule has 2 fully saturated rings. The van der Waals surface area contributed by atoms with E-state index in [4.69, 9.17) is 4.74 Å². The van der Waals surface area contributed by atoms with Crippen LogP contribution in [0.2, 0.25) is 0 Å². The van der Waals surface area contributed by atoms with Crippen molar-refractivity contribution in [2.75, 3.05) is 30.1 Å². The molecule has 3 rings (SSSR count). The summed E-state index contributed by atoms with van der Waals surface area (Å²) in [6.45, 7) is 3.69. The average Bonchev–Trinajstić information content (AvgIpc) is 3.46. The quantitative estimate of drug-likeness (QED) is 0.503. The number of ether oxygens (including phenoxy) is 1. The number of pyridine rings is 1. The minimum atomic E-state index is -0.170. The summed E-state index contributed by atoms with van der Waals surface area (Å²) in [6, 6.07) is 1.89. The van der Waals surface area contributed by atoms with Gasteiger partial charge < -0.3 is 15.0 Å². The van der Waals surface area contributed by atoms with E-state index in [2.05, 4.69) is 20.7 Å². The van der Waals surface area contributed by atoms with Gasteiger partial charge in [0.1, 0.15) is 5.69 Å². The molecule has 0 atom stereocenters. The van der Waals surface area contributed by atoms with Crippen molar-refractivity contribution in [2.45, 2.75) is 45.1 Å². The van der Waals surface area contributed by atoms with Gasteiger partial charge in [-0.05, 0) is 44.6 Å². The smallest absolute Gasteiger partial charge is 0.306 e. The third kappa shape index (κ3) is 4.63. The fraction of sp³-hybridized carbons (Fsp3) is 0.611. The maximum atomic E-state index is 12.1. The zero-order valence-corrected chi connectivity index (χ0v) is 15.0. The number of esters is 1. The minimum absolute atomic E-state index is 0.146. The van der Waals surface area contributed by atoms with Gasteiger partial charge >= 0.3 is 5.97 Å². The van der Waals surface area contributed by atoms with Gasteiger partial charge in [0, 0.05) is 31.7 Å². The Morgan fingerprint density at radius 3 is 2.65 bits per heavy atom. The number of hydrogen-bond acceptors (Lipinski definition) is 7. The maximum Gasteiger partial charge on any atom is 0.306 e. The van der Waals surface area contributed by atoms with Crippen LogP contribution >= 0.6 is 0 Å². The topological polar surface area (TPSA) is 104 Å². The zero-order valence-electron chi connectivity index (χ0n) is 15.0. The lowest BCUT2D eigenvalue weighted by molar-refractivity contribution is -0.144. The van der Waals surface area contributed by atoms with Gasteiger partial charge in [-0.15, -0.1) is 0 Å². The Balaban J connectivity index is 1.60. The van der Waals surface area contributed by atoms with Gasteiger partial charge in [-0.3, -0.25) is 20.3 Å². The Labute approximate surface area is 152 Å². The fourth-order valence-corrected chi connectivity index (χ4v) is 3.22. The SMILES string of the molecule is CCOC(=O)CC1CCN(c2ncc(C(=O)NC3CC3)cc2NO)CC1. The van der Waals surface area contributed by atoms with Crippen molar-refractivity contribution in [1.82, 2.24) is 10.3 Å². The van der Waals surface area contributed by atoms with E-state index in [0.717, 1.165) is 38.8 Å². The lowest BCUT2D eigenvalue weighted by Crippen LogP contribution is -2.35. The summed E-state index contributed by atoms with van der Waals surface area (Å²) >= 11 is 0. The number of rotatable bonds is 7. The summed E-state index contributed by atoms with van der Waals surface area (Å²) in [6.07, 6.45) is 5.73. The van der Waals surface area contributed by atoms with Crippen LogP contribution in [0.15, 0.2) is 12.3 Å². The average molecular weight is 362 g/mol. The highest BCUT2D eigenvalue weighted by Crippen LogP contribution is 2.30. The lowest BCUT2D eigenvalue weighted by Gasteiger charge is -2.33. The molecule has 1 aromatic rings. The molecule has 0 spiro atoms. The molecule has 2 heterocycles. The molecule has 3 N–H and O–H groups in total. The van der Waals surface area contributed by atoms with E-state index in [1.54, 1.807) is 12.3 Å². The molecule has 1 aliphatic carbocycles. The van der Waals surface area contributed by atoms with Crippen LogP contribution in [0.25, 0.3) is 0 Å². The van der Waals surface area contributed by atoms with E-state index in [1.807, 2.05) is 6.92 Å². The predicted molar refractivity (Wildman–Crippen MR) is 96.3 cm³/mol.